The van der Waals surface area contributed by atoms with Gasteiger partial charge >= 0.3 is 5.97 Å². The lowest BCUT2D eigenvalue weighted by Gasteiger charge is -2.04. The Labute approximate surface area is 170 Å². The molecule has 0 amide bonds. The van der Waals surface area contributed by atoms with E-state index in [0.29, 0.717) is 13.0 Å². The van der Waals surface area contributed by atoms with E-state index < -0.39 is 0 Å². The Morgan fingerprint density at radius 1 is 0.760 bits per heavy atom. The molecule has 0 atom stereocenters. The SMILES string of the molecule is CCCCCCCC/C=C\CCCCCCCC(=O)OCCCCI. The number of hydrogen-bond donors (Lipinski definition) is 0. The molecule has 0 aliphatic rings. The third-order valence-corrected chi connectivity index (χ3v) is 5.20. The van der Waals surface area contributed by atoms with Gasteiger partial charge in [0.1, 0.15) is 0 Å². The summed E-state index contributed by atoms with van der Waals surface area (Å²) >= 11 is 2.35. The quantitative estimate of drug-likeness (QED) is 0.0641. The van der Waals surface area contributed by atoms with Crippen molar-refractivity contribution in [2.75, 3.05) is 11.0 Å². The highest BCUT2D eigenvalue weighted by atomic mass is 127. The van der Waals surface area contributed by atoms with Crippen molar-refractivity contribution in [3.05, 3.63) is 12.2 Å². The van der Waals surface area contributed by atoms with Crippen LogP contribution < -0.4 is 0 Å². The van der Waals surface area contributed by atoms with Gasteiger partial charge in [-0.3, -0.25) is 4.79 Å². The minimum Gasteiger partial charge on any atom is -0.466 e. The Bertz CT molecular complexity index is 302. The van der Waals surface area contributed by atoms with Crippen LogP contribution in [0, 0.1) is 0 Å². The Kier molecular flexibility index (Phi) is 21.9. The summed E-state index contributed by atoms with van der Waals surface area (Å²) in [6, 6.07) is 0. The summed E-state index contributed by atoms with van der Waals surface area (Å²) in [4.78, 5) is 11.5. The van der Waals surface area contributed by atoms with Crippen molar-refractivity contribution in [3.63, 3.8) is 0 Å². The number of esters is 1. The number of halogens is 1. The predicted octanol–water partition coefficient (Wildman–Crippen LogP) is 7.78. The van der Waals surface area contributed by atoms with Crippen LogP contribution in [0.1, 0.15) is 110 Å². The van der Waals surface area contributed by atoms with E-state index in [0.717, 1.165) is 30.1 Å². The number of hydrogen-bond acceptors (Lipinski definition) is 2. The lowest BCUT2D eigenvalue weighted by atomic mass is 10.1. The number of unbranched alkanes of at least 4 members (excludes halogenated alkanes) is 12. The van der Waals surface area contributed by atoms with E-state index in [2.05, 4.69) is 41.7 Å². The van der Waals surface area contributed by atoms with E-state index in [9.17, 15) is 4.79 Å². The maximum absolute atomic E-state index is 11.5. The summed E-state index contributed by atoms with van der Waals surface area (Å²) in [6.45, 7) is 2.87. The average molecular weight is 464 g/mol. The Balaban J connectivity index is 3.17. The van der Waals surface area contributed by atoms with Gasteiger partial charge in [-0.25, -0.2) is 0 Å². The standard InChI is InChI=1S/C22H41IO2/c1-2-3-4-5-6-7-8-9-10-11-12-13-14-15-16-19-22(24)25-21-18-17-20-23/h9-10H,2-8,11-21H2,1H3/b10-9-. The highest BCUT2D eigenvalue weighted by Gasteiger charge is 2.01. The van der Waals surface area contributed by atoms with Crippen LogP contribution in [-0.2, 0) is 9.53 Å². The monoisotopic (exact) mass is 464 g/mol. The zero-order chi connectivity index (χ0) is 18.4. The van der Waals surface area contributed by atoms with Crippen molar-refractivity contribution < 1.29 is 9.53 Å². The first kappa shape index (κ1) is 24.9. The van der Waals surface area contributed by atoms with Crippen molar-refractivity contribution >= 4 is 28.6 Å². The van der Waals surface area contributed by atoms with Gasteiger partial charge in [0.25, 0.3) is 0 Å². The van der Waals surface area contributed by atoms with Crippen LogP contribution in [0.4, 0.5) is 0 Å². The smallest absolute Gasteiger partial charge is 0.305 e. The van der Waals surface area contributed by atoms with Gasteiger partial charge in [-0.05, 0) is 49.4 Å². The number of ether oxygens (including phenoxy) is 1. The summed E-state index contributed by atoms with van der Waals surface area (Å²) in [5.41, 5.74) is 0. The molecule has 0 aromatic carbocycles. The van der Waals surface area contributed by atoms with E-state index >= 15 is 0 Å². The van der Waals surface area contributed by atoms with Gasteiger partial charge < -0.3 is 4.74 Å². The topological polar surface area (TPSA) is 26.3 Å². The molecule has 0 saturated carbocycles. The van der Waals surface area contributed by atoms with Crippen LogP contribution in [-0.4, -0.2) is 17.0 Å². The minimum absolute atomic E-state index is 0.00825. The molecule has 0 heterocycles. The molecule has 25 heavy (non-hydrogen) atoms. The molecule has 0 fully saturated rings. The number of rotatable bonds is 19. The lowest BCUT2D eigenvalue weighted by Crippen LogP contribution is -2.05. The Morgan fingerprint density at radius 2 is 1.32 bits per heavy atom. The fourth-order valence-corrected chi connectivity index (χ4v) is 3.33. The van der Waals surface area contributed by atoms with Gasteiger partial charge in [-0.2, -0.15) is 0 Å². The van der Waals surface area contributed by atoms with Crippen molar-refractivity contribution in [3.8, 4) is 0 Å². The van der Waals surface area contributed by atoms with Crippen LogP contribution in [0.25, 0.3) is 0 Å². The van der Waals surface area contributed by atoms with E-state index in [-0.39, 0.29) is 5.97 Å². The number of carbonyl (C=O) groups excluding carboxylic acids is 1. The van der Waals surface area contributed by atoms with Crippen molar-refractivity contribution in [2.24, 2.45) is 0 Å². The van der Waals surface area contributed by atoms with Gasteiger partial charge in [0.15, 0.2) is 0 Å². The van der Waals surface area contributed by atoms with Gasteiger partial charge in [0.2, 0.25) is 0 Å². The molecule has 0 aromatic heterocycles. The fourth-order valence-electron chi connectivity index (χ4n) is 2.79. The molecule has 0 bridgehead atoms. The molecule has 0 N–H and O–H groups in total. The summed E-state index contributed by atoms with van der Waals surface area (Å²) in [5, 5.41) is 0. The van der Waals surface area contributed by atoms with Crippen molar-refractivity contribution in [2.45, 2.75) is 110 Å². The third-order valence-electron chi connectivity index (χ3n) is 4.43. The molecule has 0 aliphatic heterocycles. The maximum atomic E-state index is 11.5. The minimum atomic E-state index is -0.00825. The highest BCUT2D eigenvalue weighted by molar-refractivity contribution is 14.1. The Morgan fingerprint density at radius 3 is 1.92 bits per heavy atom. The first-order valence-corrected chi connectivity index (χ1v) is 12.2. The number of carbonyl (C=O) groups is 1. The summed E-state index contributed by atoms with van der Waals surface area (Å²) < 4.78 is 6.35. The zero-order valence-electron chi connectivity index (χ0n) is 16.6. The van der Waals surface area contributed by atoms with Gasteiger partial charge in [-0.1, -0.05) is 93.0 Å². The van der Waals surface area contributed by atoms with E-state index in [1.165, 1.54) is 70.6 Å². The van der Waals surface area contributed by atoms with Gasteiger partial charge in [-0.15, -0.1) is 0 Å². The summed E-state index contributed by atoms with van der Waals surface area (Å²) in [5.74, 6) is -0.00825. The lowest BCUT2D eigenvalue weighted by molar-refractivity contribution is -0.143. The highest BCUT2D eigenvalue weighted by Crippen LogP contribution is 2.10. The molecule has 0 saturated heterocycles. The van der Waals surface area contributed by atoms with E-state index in [1.807, 2.05) is 0 Å². The molecule has 3 heteroatoms. The second-order valence-corrected chi connectivity index (χ2v) is 8.03. The number of alkyl halides is 1. The van der Waals surface area contributed by atoms with Crippen LogP contribution in [0.2, 0.25) is 0 Å². The summed E-state index contributed by atoms with van der Waals surface area (Å²) in [7, 11) is 0. The largest absolute Gasteiger partial charge is 0.466 e. The Hall–Kier alpha value is -0.0600. The molecule has 0 aromatic rings. The van der Waals surface area contributed by atoms with Crippen LogP contribution in [0.3, 0.4) is 0 Å². The molecular formula is C22H41IO2. The van der Waals surface area contributed by atoms with Crippen molar-refractivity contribution in [1.29, 1.82) is 0 Å². The normalized spacial score (nSPS) is 11.3. The number of allylic oxidation sites excluding steroid dienone is 2. The second kappa shape index (κ2) is 22.0. The fraction of sp³-hybridized carbons (Fsp3) is 0.864. The molecule has 0 aliphatic carbocycles. The molecule has 0 spiro atoms. The van der Waals surface area contributed by atoms with Gasteiger partial charge in [0, 0.05) is 6.42 Å². The zero-order valence-corrected chi connectivity index (χ0v) is 18.7. The van der Waals surface area contributed by atoms with Crippen LogP contribution >= 0.6 is 22.6 Å². The molecule has 2 nitrogen and oxygen atoms in total. The van der Waals surface area contributed by atoms with E-state index in [4.69, 9.17) is 4.74 Å². The van der Waals surface area contributed by atoms with Crippen LogP contribution in [0.15, 0.2) is 12.2 Å². The van der Waals surface area contributed by atoms with E-state index in [1.54, 1.807) is 0 Å². The first-order valence-electron chi connectivity index (χ1n) is 10.7. The average Bonchev–Trinajstić information content (AvgIpc) is 2.62. The second-order valence-electron chi connectivity index (χ2n) is 6.95. The third kappa shape index (κ3) is 21.9. The predicted molar refractivity (Wildman–Crippen MR) is 119 cm³/mol. The van der Waals surface area contributed by atoms with Crippen LogP contribution in [0.5, 0.6) is 0 Å². The van der Waals surface area contributed by atoms with Crippen molar-refractivity contribution in [1.82, 2.24) is 0 Å². The first-order chi connectivity index (χ1) is 12.3. The molecule has 0 unspecified atom stereocenters. The molecule has 0 radical (unpaired) electrons. The summed E-state index contributed by atoms with van der Waals surface area (Å²) in [6.07, 6.45) is 24.2. The molecular weight excluding hydrogens is 423 g/mol. The maximum Gasteiger partial charge on any atom is 0.305 e. The van der Waals surface area contributed by atoms with Gasteiger partial charge in [0.05, 0.1) is 6.61 Å². The molecule has 148 valence electrons. The molecule has 0 rings (SSSR count).